The van der Waals surface area contributed by atoms with Gasteiger partial charge in [-0.25, -0.2) is 14.4 Å². The van der Waals surface area contributed by atoms with Crippen molar-refractivity contribution >= 4 is 91.1 Å². The molecule has 3 unspecified atom stereocenters. The Morgan fingerprint density at radius 1 is 0.321 bits per heavy atom. The maximum Gasteiger partial charge on any atom is 0.341 e. The molecule has 9 amide bonds. The number of nitrogens with zero attached hydrogens (tertiary/aromatic N) is 4. The van der Waals surface area contributed by atoms with Gasteiger partial charge in [-0.2, -0.15) is 0 Å². The summed E-state index contributed by atoms with van der Waals surface area (Å²) < 4.78 is 28.0. The lowest BCUT2D eigenvalue weighted by atomic mass is 10.0. The molecule has 672 valence electrons. The summed E-state index contributed by atoms with van der Waals surface area (Å²) in [7, 11) is 9.94. The zero-order chi connectivity index (χ0) is 93.4. The van der Waals surface area contributed by atoms with E-state index in [0.29, 0.717) is 155 Å². The summed E-state index contributed by atoms with van der Waals surface area (Å²) in [5, 5.41) is 42.9. The number of rotatable bonds is 38. The topological polar surface area (TPSA) is 425 Å². The van der Waals surface area contributed by atoms with E-state index >= 15 is 0 Å². The predicted molar refractivity (Wildman–Crippen MR) is 497 cm³/mol. The first-order chi connectivity index (χ1) is 63.4. The zero-order valence-corrected chi connectivity index (χ0v) is 72.0. The molecule has 0 aliphatic rings. The summed E-state index contributed by atoms with van der Waals surface area (Å²) in [5.41, 5.74) is 4.78. The van der Waals surface area contributed by atoms with Gasteiger partial charge in [0.05, 0.1) is 75.8 Å². The van der Waals surface area contributed by atoms with E-state index < -0.39 is 69.6 Å². The fourth-order valence-corrected chi connectivity index (χ4v) is 13.3. The number of benzene rings is 5. The van der Waals surface area contributed by atoms with Gasteiger partial charge in [0.25, 0.3) is 40.0 Å². The number of aliphatic carboxylic acids is 1. The number of aromatic nitrogens is 4. The van der Waals surface area contributed by atoms with Crippen molar-refractivity contribution in [1.29, 1.82) is 0 Å². The number of nitrogens with one attached hydrogen (secondary N) is 9. The summed E-state index contributed by atoms with van der Waals surface area (Å²) in [6, 6.07) is 71.9. The van der Waals surface area contributed by atoms with Crippen LogP contribution in [0.5, 0.6) is 23.0 Å². The average Bonchev–Trinajstić information content (AvgIpc) is 0.814. The van der Waals surface area contributed by atoms with E-state index in [1.165, 1.54) is 42.1 Å². The summed E-state index contributed by atoms with van der Waals surface area (Å²) in [6.45, 7) is 7.79. The number of pyridine rings is 8. The monoisotopic (exact) mass is 1770 g/mol. The SMILES string of the molecule is CCC(NC(=O)c1ccc2ccc(OCCCNC(=O)NCc3ccccc3)cn2c1=O)c1ccccc1.O=C(O)CC(NC(=O)c1ccc2ccc(OCCCNC(=O)NCc3ccccc3)cn2c1=O)c1ccccc1.[B]C(=O)NCCCOc1ccc2ccc(C(=O)NC(CC)c3ccccc3)c(=O)n2c1.[B]C(=O)NCCCOc1ccc2ccc(C(=O)O)c(=O)n2c1. The van der Waals surface area contributed by atoms with Crippen molar-refractivity contribution in [3.8, 4) is 23.0 Å². The van der Waals surface area contributed by atoms with Crippen LogP contribution in [-0.2, 0) is 17.9 Å². The molecule has 0 bridgehead atoms. The van der Waals surface area contributed by atoms with Gasteiger partial charge >= 0.3 is 24.0 Å². The number of carboxylic acid groups (broad SMARTS) is 2. The van der Waals surface area contributed by atoms with Crippen LogP contribution >= 0.6 is 0 Å². The zero-order valence-electron chi connectivity index (χ0n) is 72.0. The first-order valence-electron chi connectivity index (χ1n) is 42.3. The number of amides is 9. The fourth-order valence-electron chi connectivity index (χ4n) is 13.3. The number of ether oxygens (including phenoxy) is 4. The maximum atomic E-state index is 13.2. The minimum absolute atomic E-state index is 0.0645. The van der Waals surface area contributed by atoms with Crippen LogP contribution in [0, 0.1) is 0 Å². The van der Waals surface area contributed by atoms with E-state index in [1.54, 1.807) is 128 Å². The highest BCUT2D eigenvalue weighted by Gasteiger charge is 2.24. The lowest BCUT2D eigenvalue weighted by Gasteiger charge is -2.17. The molecule has 34 heteroatoms. The molecule has 0 spiro atoms. The van der Waals surface area contributed by atoms with Gasteiger partial charge in [0, 0.05) is 61.3 Å². The summed E-state index contributed by atoms with van der Waals surface area (Å²) in [4.78, 5) is 157. The summed E-state index contributed by atoms with van der Waals surface area (Å²) >= 11 is 0. The highest BCUT2D eigenvalue weighted by molar-refractivity contribution is 6.57. The molecule has 0 aliphatic carbocycles. The molecule has 13 aromatic rings. The number of aromatic carboxylic acids is 1. The van der Waals surface area contributed by atoms with Crippen molar-refractivity contribution in [3.05, 3.63) is 365 Å². The first kappa shape index (κ1) is 97.2. The predicted octanol–water partition coefficient (Wildman–Crippen LogP) is 11.4. The quantitative estimate of drug-likeness (QED) is 0.0126. The van der Waals surface area contributed by atoms with Crippen molar-refractivity contribution in [1.82, 2.24) is 65.5 Å². The number of hydrogen-bond donors (Lipinski definition) is 11. The molecule has 13 rings (SSSR count). The molecule has 11 N–H and O–H groups in total. The molecule has 0 saturated carbocycles. The molecule has 8 heterocycles. The Hall–Kier alpha value is -16.0. The fraction of sp³-hybridized carbons (Fsp3) is 0.227. The molecule has 0 aliphatic heterocycles. The van der Waals surface area contributed by atoms with Gasteiger partial charge < -0.3 is 77.0 Å². The van der Waals surface area contributed by atoms with Crippen LogP contribution in [0.25, 0.3) is 22.1 Å². The van der Waals surface area contributed by atoms with E-state index in [4.69, 9.17) is 39.7 Å². The van der Waals surface area contributed by atoms with Gasteiger partial charge in [0.1, 0.15) is 45.3 Å². The lowest BCUT2D eigenvalue weighted by molar-refractivity contribution is -0.137. The molecule has 8 aromatic heterocycles. The van der Waals surface area contributed by atoms with Crippen LogP contribution in [0.3, 0.4) is 0 Å². The molecule has 32 nitrogen and oxygen atoms in total. The van der Waals surface area contributed by atoms with Gasteiger partial charge in [0.2, 0.25) is 0 Å². The smallest absolute Gasteiger partial charge is 0.341 e. The average molecular weight is 1770 g/mol. The second kappa shape index (κ2) is 50.4. The molecule has 3 atom stereocenters. The van der Waals surface area contributed by atoms with E-state index in [2.05, 4.69) is 47.9 Å². The Balaban J connectivity index is 0.000000185. The van der Waals surface area contributed by atoms with E-state index in [9.17, 15) is 67.4 Å². The van der Waals surface area contributed by atoms with Crippen molar-refractivity contribution in [2.75, 3.05) is 52.6 Å². The number of carbonyl (C=O) groups excluding carboxylic acids is 7. The van der Waals surface area contributed by atoms with Crippen molar-refractivity contribution in [2.24, 2.45) is 0 Å². The molecule has 131 heavy (non-hydrogen) atoms. The van der Waals surface area contributed by atoms with Crippen LogP contribution in [0.4, 0.5) is 19.2 Å². The number of fused-ring (bicyclic) bond motifs is 4. The molecule has 0 fully saturated rings. The Morgan fingerprint density at radius 2 is 0.580 bits per heavy atom. The molecular weight excluding hydrogens is 1670 g/mol. The molecule has 0 saturated heterocycles. The lowest BCUT2D eigenvalue weighted by Crippen LogP contribution is -2.36. The Labute approximate surface area is 755 Å². The maximum absolute atomic E-state index is 13.2. The molecule has 4 radical (unpaired) electrons. The third-order valence-corrected chi connectivity index (χ3v) is 20.1. The third kappa shape index (κ3) is 30.1. The second-order valence-corrected chi connectivity index (χ2v) is 29.5. The van der Waals surface area contributed by atoms with Gasteiger partial charge in [-0.05, 0) is 163 Å². The van der Waals surface area contributed by atoms with Crippen LogP contribution in [0.1, 0.15) is 146 Å². The molecular formula is C97H99B2N13O19. The number of urea groups is 2. The van der Waals surface area contributed by atoms with Crippen LogP contribution in [0.2, 0.25) is 0 Å². The highest BCUT2D eigenvalue weighted by atomic mass is 16.5. The summed E-state index contributed by atoms with van der Waals surface area (Å²) in [6.07, 6.45) is 9.40. The summed E-state index contributed by atoms with van der Waals surface area (Å²) in [5.74, 6) is -3.19. The van der Waals surface area contributed by atoms with Crippen molar-refractivity contribution < 1.29 is 72.3 Å². The minimum Gasteiger partial charge on any atom is -0.492 e. The third-order valence-electron chi connectivity index (χ3n) is 20.1. The standard InChI is InChI=1S/C30H30N4O6.C30H32N4O4.C23H24BN3O4.C14H13BN2O5/c35-27(36)18-26(22-10-5-2-6-11-22)33-28(37)25-15-13-23-12-14-24(20-34(23)29(25)38)40-17-7-16-31-30(39)32-19-21-8-3-1-4-9-21;1-2-27(23-12-7-4-8-13-23)33-28(35)26-17-15-24-14-16-25(21-34(24)29(26)36)38-19-9-18-31-30(37)32-20-22-10-5-3-6-11-22;1-2-20(16-7-4-3-5-8-16)26-21(28)19-12-10-17-9-11-18(15-27(17)22(19)29)31-14-6-13-25-23(24)30;15-14(21)16-6-1-7-22-10-4-2-9-3-5-11(13(19)20)12(18)17(9)8-10/h1-6,8-15,20,26H,7,16-19H2,(H,33,37)(H,35,36)(H2,31,32,39);3-8,10-17,21,27H,2,9,18-20H2,1H3,(H,33,35)(H2,31,32,37);3-5,7-12,15,20H,2,6,13-14H2,1H3,(H,25,30)(H,26,28);2-5,8H,1,6-7H2,(H,16,21)(H,19,20). The van der Waals surface area contributed by atoms with Crippen LogP contribution < -0.4 is 89.0 Å². The first-order valence-corrected chi connectivity index (χ1v) is 42.3. The number of carbonyl (C=O) groups is 9. The number of hydrogen-bond acceptors (Lipinski definition) is 17. The van der Waals surface area contributed by atoms with Gasteiger partial charge in [-0.15, -0.1) is 0 Å². The van der Waals surface area contributed by atoms with Gasteiger partial charge in [-0.1, -0.05) is 166 Å². The van der Waals surface area contributed by atoms with Crippen LogP contribution in [-0.4, -0.2) is 149 Å². The Kier molecular flexibility index (Phi) is 37.4. The van der Waals surface area contributed by atoms with Gasteiger partial charge in [-0.3, -0.25) is 65.5 Å². The van der Waals surface area contributed by atoms with E-state index in [0.717, 1.165) is 22.3 Å². The Morgan fingerprint density at radius 3 is 0.863 bits per heavy atom. The number of carboxylic acids is 2. The van der Waals surface area contributed by atoms with Crippen molar-refractivity contribution in [3.63, 3.8) is 0 Å². The normalized spacial score (nSPS) is 11.3. The largest absolute Gasteiger partial charge is 0.492 e. The van der Waals surface area contributed by atoms with E-state index in [-0.39, 0.29) is 52.8 Å². The molecule has 5 aromatic carbocycles. The van der Waals surface area contributed by atoms with Gasteiger partial charge in [0.15, 0.2) is 27.3 Å². The second-order valence-electron chi connectivity index (χ2n) is 29.5. The van der Waals surface area contributed by atoms with Crippen molar-refractivity contribution in [2.45, 2.75) is 90.0 Å². The Bertz CT molecular complexity index is 6330. The highest BCUT2D eigenvalue weighted by Crippen LogP contribution is 2.23. The van der Waals surface area contributed by atoms with E-state index in [1.807, 2.05) is 135 Å². The minimum atomic E-state index is -1.27. The van der Waals surface area contributed by atoms with Crippen LogP contribution in [0.15, 0.2) is 293 Å².